The van der Waals surface area contributed by atoms with Gasteiger partial charge in [0.2, 0.25) is 0 Å². The van der Waals surface area contributed by atoms with Crippen molar-refractivity contribution in [3.63, 3.8) is 0 Å². The van der Waals surface area contributed by atoms with Gasteiger partial charge in [0.1, 0.15) is 31.3 Å². The number of aryl methyl sites for hydroxylation is 2. The molecule has 0 atom stereocenters. The molecule has 2 aliphatic heterocycles. The number of aromatic nitrogens is 4. The highest BCUT2D eigenvalue weighted by Gasteiger charge is 2.27. The van der Waals surface area contributed by atoms with Gasteiger partial charge >= 0.3 is 0 Å². The first-order valence-electron chi connectivity index (χ1n) is 20.3. The van der Waals surface area contributed by atoms with Crippen molar-refractivity contribution in [1.82, 2.24) is 19.1 Å². The third-order valence-electron chi connectivity index (χ3n) is 10.3. The Kier molecular flexibility index (Phi) is 19.0. The van der Waals surface area contributed by atoms with Crippen LogP contribution in [0.2, 0.25) is 51.4 Å². The molecule has 2 aromatic heterocycles. The van der Waals surface area contributed by atoms with Crippen LogP contribution in [0.1, 0.15) is 63.8 Å². The zero-order chi connectivity index (χ0) is 41.5. The van der Waals surface area contributed by atoms with E-state index in [1.165, 1.54) is 0 Å². The summed E-state index contributed by atoms with van der Waals surface area (Å²) in [5.74, 6) is 1.42. The Labute approximate surface area is 335 Å². The van der Waals surface area contributed by atoms with Gasteiger partial charge < -0.3 is 29.2 Å². The molecule has 2 fully saturated rings. The summed E-state index contributed by atoms with van der Waals surface area (Å²) >= 11 is 0. The van der Waals surface area contributed by atoms with Crippen LogP contribution in [0.5, 0.6) is 0 Å². The molecule has 0 bridgehead atoms. The van der Waals surface area contributed by atoms with Gasteiger partial charge in [-0.2, -0.15) is 0 Å². The number of ketones is 2. The molecule has 0 radical (unpaired) electrons. The maximum Gasteiger partial charge on any atom is 0.295 e. The van der Waals surface area contributed by atoms with E-state index in [-0.39, 0.29) is 54.6 Å². The van der Waals surface area contributed by atoms with Crippen LogP contribution in [0.25, 0.3) is 0 Å². The van der Waals surface area contributed by atoms with Crippen molar-refractivity contribution in [2.75, 3.05) is 55.8 Å². The lowest BCUT2D eigenvalue weighted by atomic mass is 9.93. The molecule has 2 aliphatic rings. The fourth-order valence-corrected chi connectivity index (χ4v) is 8.06. The van der Waals surface area contributed by atoms with Crippen molar-refractivity contribution in [3.8, 4) is 0 Å². The minimum absolute atomic E-state index is 0.0709. The molecule has 1 N–H and O–H groups in total. The molecule has 0 aromatic carbocycles. The Morgan fingerprint density at radius 2 is 1.12 bits per heavy atom. The SMILES string of the molecule is CC(=O)C1CCN(c2nc(CCC=O)cn(COCC[Si](C)(C)C)c2=O)CC1.CC(=O)C1CCN(c2nc(CCCO)cn(COCC[Si](C)(C)C)c2=O)CC1. The fourth-order valence-electron chi connectivity index (χ4n) is 6.55. The lowest BCUT2D eigenvalue weighted by molar-refractivity contribution is -0.122. The largest absolute Gasteiger partial charge is 0.396 e. The molecule has 14 nitrogen and oxygen atoms in total. The van der Waals surface area contributed by atoms with E-state index in [0.717, 1.165) is 49.8 Å². The van der Waals surface area contributed by atoms with Crippen molar-refractivity contribution in [1.29, 1.82) is 0 Å². The standard InChI is InChI=1S/C20H35N3O4Si.C20H33N3O4Si/c2*1-16(25)17-7-9-22(10-8-17)19-20(26)23(14-18(21-19)6-5-11-24)15-27-12-13-28(2,3)4/h14,17,24H,5-13,15H2,1-4H3;11,14,17H,5-10,12-13,15H2,1-4H3. The topological polar surface area (TPSA) is 166 Å². The maximum absolute atomic E-state index is 13.0. The molecule has 0 saturated carbocycles. The average molecular weight is 817 g/mol. The Morgan fingerprint density at radius 3 is 1.46 bits per heavy atom. The minimum Gasteiger partial charge on any atom is -0.396 e. The van der Waals surface area contributed by atoms with Gasteiger partial charge in [0.15, 0.2) is 11.6 Å². The van der Waals surface area contributed by atoms with Gasteiger partial charge in [-0.1, -0.05) is 39.3 Å². The third kappa shape index (κ3) is 15.9. The molecule has 16 heteroatoms. The quantitative estimate of drug-likeness (QED) is 0.111. The van der Waals surface area contributed by atoms with Crippen LogP contribution in [0.4, 0.5) is 11.6 Å². The van der Waals surface area contributed by atoms with Crippen molar-refractivity contribution < 1.29 is 29.0 Å². The van der Waals surface area contributed by atoms with E-state index >= 15 is 0 Å². The second-order valence-corrected chi connectivity index (χ2v) is 28.9. The van der Waals surface area contributed by atoms with Crippen LogP contribution in [-0.2, 0) is 50.2 Å². The Balaban J connectivity index is 0.000000300. The summed E-state index contributed by atoms with van der Waals surface area (Å²) in [6, 6.07) is 2.09. The number of aliphatic hydroxyl groups is 1. The van der Waals surface area contributed by atoms with Gasteiger partial charge in [0.25, 0.3) is 11.1 Å². The number of rotatable bonds is 20. The number of carbonyl (C=O) groups is 3. The predicted octanol–water partition coefficient (Wildman–Crippen LogP) is 4.78. The van der Waals surface area contributed by atoms with Gasteiger partial charge in [0, 0.05) is 92.8 Å². The van der Waals surface area contributed by atoms with Gasteiger partial charge in [-0.05, 0) is 70.9 Å². The molecule has 4 heterocycles. The van der Waals surface area contributed by atoms with Crippen molar-refractivity contribution in [3.05, 3.63) is 44.5 Å². The molecule has 0 amide bonds. The van der Waals surface area contributed by atoms with E-state index in [1.54, 1.807) is 35.4 Å². The number of aliphatic hydroxyl groups excluding tert-OH is 1. The zero-order valence-electron chi connectivity index (χ0n) is 35.3. The summed E-state index contributed by atoms with van der Waals surface area (Å²) < 4.78 is 14.7. The first-order valence-corrected chi connectivity index (χ1v) is 27.8. The second-order valence-electron chi connectivity index (χ2n) is 17.6. The Hall–Kier alpha value is -3.32. The molecular weight excluding hydrogens is 749 g/mol. The number of aldehydes is 1. The van der Waals surface area contributed by atoms with Crippen LogP contribution in [0.15, 0.2) is 22.0 Å². The number of piperidine rings is 2. The number of anilines is 2. The number of hydrogen-bond donors (Lipinski definition) is 1. The first-order chi connectivity index (χ1) is 26.4. The van der Waals surface area contributed by atoms with E-state index in [4.69, 9.17) is 14.6 Å². The van der Waals surface area contributed by atoms with E-state index in [1.807, 2.05) is 9.80 Å². The van der Waals surface area contributed by atoms with Crippen LogP contribution >= 0.6 is 0 Å². The lowest BCUT2D eigenvalue weighted by Crippen LogP contribution is -2.41. The number of carbonyl (C=O) groups excluding carboxylic acids is 3. The van der Waals surface area contributed by atoms with Crippen molar-refractivity contribution in [2.24, 2.45) is 11.8 Å². The first kappa shape index (κ1) is 47.1. The van der Waals surface area contributed by atoms with Crippen LogP contribution in [-0.4, -0.2) is 104 Å². The smallest absolute Gasteiger partial charge is 0.295 e. The number of hydrogen-bond acceptors (Lipinski definition) is 12. The van der Waals surface area contributed by atoms with Crippen molar-refractivity contribution >= 4 is 45.6 Å². The Bertz CT molecular complexity index is 1690. The summed E-state index contributed by atoms with van der Waals surface area (Å²) in [7, 11) is -2.37. The monoisotopic (exact) mass is 816 g/mol. The van der Waals surface area contributed by atoms with Gasteiger partial charge in [-0.3, -0.25) is 28.3 Å². The molecule has 0 unspecified atom stereocenters. The van der Waals surface area contributed by atoms with Crippen LogP contribution in [0, 0.1) is 11.8 Å². The molecule has 4 rings (SSSR count). The fraction of sp³-hybridized carbons (Fsp3) is 0.725. The summed E-state index contributed by atoms with van der Waals surface area (Å²) in [5, 5.41) is 9.14. The molecule has 0 aliphatic carbocycles. The average Bonchev–Trinajstić information content (AvgIpc) is 3.14. The van der Waals surface area contributed by atoms with E-state index in [9.17, 15) is 24.0 Å². The highest BCUT2D eigenvalue weighted by molar-refractivity contribution is 6.76. The second kappa shape index (κ2) is 22.6. The Morgan fingerprint density at radius 1 is 0.732 bits per heavy atom. The summed E-state index contributed by atoms with van der Waals surface area (Å²) in [6.45, 7) is 21.4. The summed E-state index contributed by atoms with van der Waals surface area (Å²) in [5.41, 5.74) is 1.17. The molecule has 314 valence electrons. The lowest BCUT2D eigenvalue weighted by Gasteiger charge is -2.31. The van der Waals surface area contributed by atoms with E-state index < -0.39 is 16.1 Å². The van der Waals surface area contributed by atoms with Gasteiger partial charge in [0.05, 0.1) is 11.4 Å². The van der Waals surface area contributed by atoms with Crippen LogP contribution in [0.3, 0.4) is 0 Å². The highest BCUT2D eigenvalue weighted by Crippen LogP contribution is 2.23. The minimum atomic E-state index is -1.19. The van der Waals surface area contributed by atoms with E-state index in [0.29, 0.717) is 82.4 Å². The molecule has 56 heavy (non-hydrogen) atoms. The number of ether oxygens (including phenoxy) is 2. The highest BCUT2D eigenvalue weighted by atomic mass is 28.3. The molecular formula is C40H68N6O8Si2. The molecule has 2 aromatic rings. The summed E-state index contributed by atoms with van der Waals surface area (Å²) in [4.78, 5) is 73.0. The number of Topliss-reactive ketones (excluding diaryl/α,β-unsaturated/α-hetero) is 2. The molecule has 0 spiro atoms. The van der Waals surface area contributed by atoms with Crippen molar-refractivity contribution in [2.45, 2.75) is 130 Å². The van der Waals surface area contributed by atoms with Crippen LogP contribution < -0.4 is 20.9 Å². The normalized spacial score (nSPS) is 15.7. The predicted molar refractivity (Wildman–Crippen MR) is 226 cm³/mol. The maximum atomic E-state index is 13.0. The third-order valence-corrected chi connectivity index (χ3v) is 13.7. The zero-order valence-corrected chi connectivity index (χ0v) is 37.3. The molecule has 2 saturated heterocycles. The number of nitrogens with zero attached hydrogens (tertiary/aromatic N) is 6. The summed E-state index contributed by atoms with van der Waals surface area (Å²) in [6.07, 6.45) is 9.38. The van der Waals surface area contributed by atoms with E-state index in [2.05, 4.69) is 49.3 Å². The van der Waals surface area contributed by atoms with Gasteiger partial charge in [-0.25, -0.2) is 9.97 Å². The van der Waals surface area contributed by atoms with Gasteiger partial charge in [-0.15, -0.1) is 0 Å².